The van der Waals surface area contributed by atoms with Crippen LogP contribution in [-0.2, 0) is 67.1 Å². The maximum atomic E-state index is 14.5. The molecule has 2 heterocycles. The number of aliphatic imine (C=N–C) groups is 2. The van der Waals surface area contributed by atoms with E-state index in [-0.39, 0.29) is 88.8 Å². The lowest BCUT2D eigenvalue weighted by atomic mass is 9.96. The molecule has 0 unspecified atom stereocenters. The Labute approximate surface area is 526 Å². The number of guanidine groups is 1. The second-order valence-corrected chi connectivity index (χ2v) is 23.0. The van der Waals surface area contributed by atoms with Gasteiger partial charge >= 0.3 is 17.9 Å². The molecular formula is C56H94N16O19. The van der Waals surface area contributed by atoms with Crippen molar-refractivity contribution in [2.24, 2.45) is 50.7 Å². The summed E-state index contributed by atoms with van der Waals surface area (Å²) in [6.07, 6.45) is -3.20. The lowest BCUT2D eigenvalue weighted by Gasteiger charge is -2.33. The standard InChI is InChI=1S/C56H94N16O19/c1-8-26(3)42(52(87)68-35(25-39(78)79)47(82)66-33(55(90)91)17-18-38(76)77)69-48(83)34(24-37(57)75)67-45(80)31(14-10-11-20-62-51(86)41-28(5)19-22-61-41)65-53(88)44(30(7)74)71-49(84)36-16-13-23-72(36)54(89)43(27(4)9-2)70-46(81)32(15-12-21-63-56(59)60)64-50(85)40(58)29(6)73/h22,26-36,40-44,73-74H,8-21,23-25,58H2,1-7H3,(H2,57,75)(H,62,86)(H,64,85)(H,65,88)(H,66,82)(H,67,80)(H,68,87)(H,69,83)(H,70,81)(H,71,84)(H,76,77)(H,78,79)(H,90,91)(H4,59,60,63)/t26-,27-,28+,29+,30+,31-,32-,33-,34-,35-,36-,40-,41+,42-,43-,44-/m0/s1. The summed E-state index contributed by atoms with van der Waals surface area (Å²) in [6, 6.07) is -16.8. The van der Waals surface area contributed by atoms with E-state index in [0.717, 1.165) is 6.92 Å². The van der Waals surface area contributed by atoms with Gasteiger partial charge < -0.3 is 101 Å². The molecular weight excluding hydrogens is 1200 g/mol. The van der Waals surface area contributed by atoms with E-state index >= 15 is 0 Å². The highest BCUT2D eigenvalue weighted by atomic mass is 16.4. The Bertz CT molecular complexity index is 2640. The van der Waals surface area contributed by atoms with Gasteiger partial charge in [0, 0.05) is 32.3 Å². The Balaban J connectivity index is 2.51. The minimum absolute atomic E-state index is 0.000556. The van der Waals surface area contributed by atoms with Crippen molar-refractivity contribution < 1.29 is 92.7 Å². The fourth-order valence-electron chi connectivity index (χ4n) is 9.68. The number of carbonyl (C=O) groups excluding carboxylic acids is 11. The molecule has 512 valence electrons. The van der Waals surface area contributed by atoms with Crippen LogP contribution in [0.4, 0.5) is 0 Å². The Morgan fingerprint density at radius 1 is 0.593 bits per heavy atom. The van der Waals surface area contributed by atoms with E-state index < -0.39 is 193 Å². The van der Waals surface area contributed by atoms with Gasteiger partial charge in [-0.25, -0.2) is 4.79 Å². The smallest absolute Gasteiger partial charge is 0.326 e. The number of hydrogen-bond acceptors (Lipinski definition) is 19. The first kappa shape index (κ1) is 78.5. The number of nitrogens with zero attached hydrogens (tertiary/aromatic N) is 3. The molecule has 2 aliphatic heterocycles. The molecule has 11 amide bonds. The molecule has 16 atom stereocenters. The minimum atomic E-state index is -1.99. The summed E-state index contributed by atoms with van der Waals surface area (Å²) in [4.78, 5) is 195. The summed E-state index contributed by atoms with van der Waals surface area (Å²) >= 11 is 0. The van der Waals surface area contributed by atoms with Crippen LogP contribution in [0.2, 0.25) is 0 Å². The Morgan fingerprint density at radius 3 is 1.65 bits per heavy atom. The lowest BCUT2D eigenvalue weighted by Crippen LogP contribution is -2.62. The van der Waals surface area contributed by atoms with Crippen molar-refractivity contribution in [2.45, 2.75) is 217 Å². The number of primary amides is 1. The number of carboxylic acid groups (broad SMARTS) is 3. The monoisotopic (exact) mass is 1290 g/mol. The van der Waals surface area contributed by atoms with E-state index in [1.165, 1.54) is 18.7 Å². The highest BCUT2D eigenvalue weighted by Crippen LogP contribution is 2.23. The van der Waals surface area contributed by atoms with Crippen molar-refractivity contribution in [1.82, 2.24) is 52.8 Å². The van der Waals surface area contributed by atoms with Gasteiger partial charge in [-0.1, -0.05) is 47.5 Å². The van der Waals surface area contributed by atoms with Gasteiger partial charge in [0.15, 0.2) is 5.96 Å². The molecule has 0 aromatic rings. The van der Waals surface area contributed by atoms with Crippen LogP contribution in [0.25, 0.3) is 0 Å². The predicted octanol–water partition coefficient (Wildman–Crippen LogP) is -5.84. The molecule has 0 aliphatic carbocycles. The number of unbranched alkanes of at least 4 members (excludes halogenated alkanes) is 1. The Kier molecular flexibility index (Phi) is 33.5. The topological polar surface area (TPSA) is 580 Å². The molecule has 1 saturated heterocycles. The second-order valence-electron chi connectivity index (χ2n) is 23.0. The molecule has 0 aromatic heterocycles. The van der Waals surface area contributed by atoms with Crippen LogP contribution in [0.1, 0.15) is 138 Å². The number of amides is 11. The molecule has 0 saturated carbocycles. The summed E-state index contributed by atoms with van der Waals surface area (Å²) in [6.45, 7) is 10.9. The van der Waals surface area contributed by atoms with Crippen molar-refractivity contribution in [3.8, 4) is 0 Å². The molecule has 0 bridgehead atoms. The number of carbonyl (C=O) groups is 14. The van der Waals surface area contributed by atoms with E-state index in [2.05, 4.69) is 52.5 Å². The molecule has 2 aliphatic rings. The largest absolute Gasteiger partial charge is 0.481 e. The highest BCUT2D eigenvalue weighted by Gasteiger charge is 2.43. The number of nitrogens with one attached hydrogen (secondary N) is 9. The van der Waals surface area contributed by atoms with Gasteiger partial charge in [0.05, 0.1) is 25.0 Å². The minimum Gasteiger partial charge on any atom is -0.481 e. The first-order valence-corrected chi connectivity index (χ1v) is 30.3. The number of aliphatic carboxylic acids is 3. The van der Waals surface area contributed by atoms with Gasteiger partial charge in [0.25, 0.3) is 0 Å². The van der Waals surface area contributed by atoms with Crippen molar-refractivity contribution in [2.75, 3.05) is 19.6 Å². The van der Waals surface area contributed by atoms with Crippen molar-refractivity contribution in [3.05, 3.63) is 0 Å². The third-order valence-corrected chi connectivity index (χ3v) is 15.6. The number of carboxylic acids is 3. The zero-order chi connectivity index (χ0) is 69.0. The molecule has 0 spiro atoms. The fourth-order valence-corrected chi connectivity index (χ4v) is 9.68. The third-order valence-electron chi connectivity index (χ3n) is 15.6. The maximum Gasteiger partial charge on any atom is 0.326 e. The summed E-state index contributed by atoms with van der Waals surface area (Å²) in [5, 5.41) is 71.1. The lowest BCUT2D eigenvalue weighted by molar-refractivity contribution is -0.144. The molecule has 35 heteroatoms. The van der Waals surface area contributed by atoms with Crippen molar-refractivity contribution in [1.29, 1.82) is 0 Å². The second kappa shape index (κ2) is 38.8. The molecule has 35 nitrogen and oxygen atoms in total. The average Bonchev–Trinajstić information content (AvgIpc) is 1.89. The summed E-state index contributed by atoms with van der Waals surface area (Å²) in [5.74, 6) is -17.3. The fraction of sp³-hybridized carbons (Fsp3) is 0.714. The van der Waals surface area contributed by atoms with Gasteiger partial charge in [-0.2, -0.15) is 0 Å². The third kappa shape index (κ3) is 26.4. The van der Waals surface area contributed by atoms with E-state index in [1.54, 1.807) is 27.0 Å². The van der Waals surface area contributed by atoms with E-state index in [1.807, 2.05) is 12.2 Å². The van der Waals surface area contributed by atoms with Crippen molar-refractivity contribution in [3.63, 3.8) is 0 Å². The summed E-state index contributed by atoms with van der Waals surface area (Å²) in [7, 11) is 0. The van der Waals surface area contributed by atoms with Crippen LogP contribution >= 0.6 is 0 Å². The van der Waals surface area contributed by atoms with Crippen LogP contribution in [0, 0.1) is 17.8 Å². The van der Waals surface area contributed by atoms with Crippen LogP contribution in [0.15, 0.2) is 9.98 Å². The quantitative estimate of drug-likeness (QED) is 0.0154. The Morgan fingerprint density at radius 2 is 1.11 bits per heavy atom. The van der Waals surface area contributed by atoms with E-state index in [9.17, 15) is 87.5 Å². The van der Waals surface area contributed by atoms with Gasteiger partial charge in [0.2, 0.25) is 65.0 Å². The van der Waals surface area contributed by atoms with E-state index in [0.29, 0.717) is 12.8 Å². The number of rotatable bonds is 41. The molecule has 2 rings (SSSR count). The van der Waals surface area contributed by atoms with Gasteiger partial charge in [-0.3, -0.25) is 72.3 Å². The average molecular weight is 1300 g/mol. The molecule has 0 aromatic carbocycles. The van der Waals surface area contributed by atoms with Crippen LogP contribution in [0.3, 0.4) is 0 Å². The van der Waals surface area contributed by atoms with Crippen molar-refractivity contribution >= 4 is 95.1 Å². The Hall–Kier alpha value is -8.60. The molecule has 91 heavy (non-hydrogen) atoms. The normalized spacial score (nSPS) is 19.4. The zero-order valence-corrected chi connectivity index (χ0v) is 52.4. The number of hydrogen-bond donors (Lipinski definition) is 18. The molecule has 22 N–H and O–H groups in total. The number of aliphatic hydroxyl groups is 2. The van der Waals surface area contributed by atoms with E-state index in [4.69, 9.17) is 28.0 Å². The van der Waals surface area contributed by atoms with Crippen LogP contribution < -0.4 is 70.8 Å². The van der Waals surface area contributed by atoms with Gasteiger partial charge in [-0.15, -0.1) is 0 Å². The molecule has 1 fully saturated rings. The SMILES string of the molecule is CC[C@H](C)[C@H](NC(=O)[C@H](CC(N)=O)NC(=O)[C@H](CCCCNC(=O)[C@@H]1N=CC[C@H]1C)NC(=O)[C@@H](NC(=O)[C@@H]1CCCN1C(=O)[C@@H](NC(=O)[C@H](CCCN=C(N)N)NC(=O)[C@@H](N)[C@@H](C)O)[C@@H](C)CC)[C@@H](C)O)C(=O)N[C@@H](CC(=O)O)C(=O)N[C@@H](CCC(=O)O)C(=O)O. The van der Waals surface area contributed by atoms with Gasteiger partial charge in [-0.05, 0) is 89.4 Å². The number of aliphatic hydroxyl groups excluding tert-OH is 2. The number of nitrogens with two attached hydrogens (primary N) is 4. The number of likely N-dealkylation sites (tertiary alicyclic amines) is 1. The first-order chi connectivity index (χ1) is 42.6. The van der Waals surface area contributed by atoms with Crippen LogP contribution in [-0.4, -0.2) is 224 Å². The summed E-state index contributed by atoms with van der Waals surface area (Å²) in [5.41, 5.74) is 22.2. The highest BCUT2D eigenvalue weighted by molar-refractivity contribution is 6.00. The first-order valence-electron chi connectivity index (χ1n) is 30.3. The predicted molar refractivity (Wildman–Crippen MR) is 324 cm³/mol. The van der Waals surface area contributed by atoms with Crippen LogP contribution in [0.5, 0.6) is 0 Å². The zero-order valence-electron chi connectivity index (χ0n) is 52.4. The summed E-state index contributed by atoms with van der Waals surface area (Å²) < 4.78 is 0. The maximum absolute atomic E-state index is 14.5. The van der Waals surface area contributed by atoms with Gasteiger partial charge in [0.1, 0.15) is 66.5 Å². The molecule has 0 radical (unpaired) electrons.